The van der Waals surface area contributed by atoms with Gasteiger partial charge in [-0.1, -0.05) is 0 Å². The second-order valence-corrected chi connectivity index (χ2v) is 5.10. The number of aliphatic hydroxyl groups excluding tert-OH is 1. The molecule has 2 aromatic rings. The van der Waals surface area contributed by atoms with Crippen molar-refractivity contribution in [2.45, 2.75) is 25.5 Å². The van der Waals surface area contributed by atoms with Gasteiger partial charge in [-0.05, 0) is 31.2 Å². The van der Waals surface area contributed by atoms with Gasteiger partial charge in [-0.15, -0.1) is 0 Å². The van der Waals surface area contributed by atoms with Crippen molar-refractivity contribution in [3.8, 4) is 5.75 Å². The van der Waals surface area contributed by atoms with E-state index in [2.05, 4.69) is 5.32 Å². The van der Waals surface area contributed by atoms with Gasteiger partial charge in [0.15, 0.2) is 18.2 Å². The Morgan fingerprint density at radius 1 is 1.39 bits per heavy atom. The number of amides is 1. The quantitative estimate of drug-likeness (QED) is 0.821. The fourth-order valence-electron chi connectivity index (χ4n) is 2.04. The number of rotatable bonds is 7. The number of benzene rings is 1. The van der Waals surface area contributed by atoms with Crippen molar-refractivity contribution < 1.29 is 27.8 Å². The lowest BCUT2D eigenvalue weighted by atomic mass is 10.1. The topological polar surface area (TPSA) is 71.7 Å². The second kappa shape index (κ2) is 7.73. The van der Waals surface area contributed by atoms with Crippen molar-refractivity contribution >= 4 is 5.91 Å². The monoisotopic (exact) mass is 325 g/mol. The number of halogens is 2. The zero-order chi connectivity index (χ0) is 16.8. The molecule has 2 rings (SSSR count). The molecule has 0 saturated carbocycles. The van der Waals surface area contributed by atoms with E-state index in [0.29, 0.717) is 11.8 Å². The van der Waals surface area contributed by atoms with Gasteiger partial charge in [-0.25, -0.2) is 8.78 Å². The third-order valence-corrected chi connectivity index (χ3v) is 3.11. The van der Waals surface area contributed by atoms with E-state index < -0.39 is 30.3 Å². The van der Waals surface area contributed by atoms with Crippen LogP contribution in [0, 0.1) is 11.6 Å². The van der Waals surface area contributed by atoms with Crippen molar-refractivity contribution in [2.75, 3.05) is 6.61 Å². The molecule has 0 saturated heterocycles. The molecule has 7 heteroatoms. The molecule has 0 aliphatic carbocycles. The van der Waals surface area contributed by atoms with Crippen LogP contribution in [0.4, 0.5) is 8.78 Å². The van der Waals surface area contributed by atoms with E-state index in [9.17, 15) is 18.7 Å². The number of nitrogens with one attached hydrogen (secondary N) is 1. The molecule has 1 aromatic carbocycles. The van der Waals surface area contributed by atoms with Gasteiger partial charge in [0, 0.05) is 18.5 Å². The van der Waals surface area contributed by atoms with Crippen LogP contribution in [0.25, 0.3) is 0 Å². The lowest BCUT2D eigenvalue weighted by Crippen LogP contribution is -2.37. The average Bonchev–Trinajstić information content (AvgIpc) is 3.00. The molecule has 0 bridgehead atoms. The smallest absolute Gasteiger partial charge is 0.258 e. The summed E-state index contributed by atoms with van der Waals surface area (Å²) in [5.41, 5.74) is 0. The molecule has 2 atom stereocenters. The summed E-state index contributed by atoms with van der Waals surface area (Å²) in [5.74, 6) is -1.87. The van der Waals surface area contributed by atoms with Crippen LogP contribution in [0.1, 0.15) is 25.2 Å². The highest BCUT2D eigenvalue weighted by atomic mass is 19.1. The van der Waals surface area contributed by atoms with Gasteiger partial charge in [0.05, 0.1) is 6.26 Å². The minimum absolute atomic E-state index is 0.204. The lowest BCUT2D eigenvalue weighted by molar-refractivity contribution is -0.123. The first-order chi connectivity index (χ1) is 11.0. The van der Waals surface area contributed by atoms with E-state index in [-0.39, 0.29) is 18.2 Å². The molecule has 0 radical (unpaired) electrons. The fraction of sp³-hybridized carbons (Fsp3) is 0.312. The Labute approximate surface area is 131 Å². The Bertz CT molecular complexity index is 646. The first-order valence-corrected chi connectivity index (χ1v) is 7.04. The highest BCUT2D eigenvalue weighted by Gasteiger charge is 2.17. The zero-order valence-corrected chi connectivity index (χ0v) is 12.5. The number of hydrogen-bond acceptors (Lipinski definition) is 4. The van der Waals surface area contributed by atoms with Crippen LogP contribution in [0.15, 0.2) is 41.0 Å². The van der Waals surface area contributed by atoms with E-state index in [1.165, 1.54) is 6.26 Å². The van der Waals surface area contributed by atoms with Gasteiger partial charge < -0.3 is 19.6 Å². The first-order valence-electron chi connectivity index (χ1n) is 7.04. The minimum Gasteiger partial charge on any atom is -0.481 e. The average molecular weight is 325 g/mol. The van der Waals surface area contributed by atoms with E-state index in [1.54, 1.807) is 19.1 Å². The van der Waals surface area contributed by atoms with E-state index in [1.807, 2.05) is 0 Å². The Morgan fingerprint density at radius 3 is 2.83 bits per heavy atom. The summed E-state index contributed by atoms with van der Waals surface area (Å²) >= 11 is 0. The summed E-state index contributed by atoms with van der Waals surface area (Å²) in [6.07, 6.45) is 0.868. The first kappa shape index (κ1) is 17.0. The summed E-state index contributed by atoms with van der Waals surface area (Å²) in [7, 11) is 0. The minimum atomic E-state index is -0.876. The van der Waals surface area contributed by atoms with Crippen LogP contribution in [-0.2, 0) is 4.79 Å². The van der Waals surface area contributed by atoms with Crippen molar-refractivity contribution in [1.82, 2.24) is 5.32 Å². The molecule has 0 aliphatic rings. The summed E-state index contributed by atoms with van der Waals surface area (Å²) in [5, 5.41) is 12.5. The number of furan rings is 1. The molecule has 0 spiro atoms. The molecule has 0 fully saturated rings. The third-order valence-electron chi connectivity index (χ3n) is 3.11. The van der Waals surface area contributed by atoms with Crippen LogP contribution >= 0.6 is 0 Å². The SMILES string of the molecule is CC(CC(O)c1ccco1)NC(=O)COc1ccc(F)cc1F. The number of hydrogen-bond donors (Lipinski definition) is 2. The van der Waals surface area contributed by atoms with Gasteiger partial charge >= 0.3 is 0 Å². The molecule has 1 heterocycles. The number of ether oxygens (including phenoxy) is 1. The van der Waals surface area contributed by atoms with E-state index in [4.69, 9.17) is 9.15 Å². The van der Waals surface area contributed by atoms with Crippen LogP contribution in [0.3, 0.4) is 0 Å². The lowest BCUT2D eigenvalue weighted by Gasteiger charge is -2.17. The Balaban J connectivity index is 1.77. The predicted molar refractivity (Wildman–Crippen MR) is 77.7 cm³/mol. The second-order valence-electron chi connectivity index (χ2n) is 5.10. The van der Waals surface area contributed by atoms with Gasteiger partial charge in [-0.3, -0.25) is 4.79 Å². The number of carbonyl (C=O) groups excluding carboxylic acids is 1. The van der Waals surface area contributed by atoms with Crippen LogP contribution in [0.5, 0.6) is 5.75 Å². The van der Waals surface area contributed by atoms with Crippen molar-refractivity contribution in [3.05, 3.63) is 54.0 Å². The number of aliphatic hydroxyl groups is 1. The maximum absolute atomic E-state index is 13.4. The molecule has 0 aliphatic heterocycles. The molecule has 2 N–H and O–H groups in total. The Hall–Kier alpha value is -2.41. The zero-order valence-electron chi connectivity index (χ0n) is 12.5. The number of carbonyl (C=O) groups is 1. The normalized spacial score (nSPS) is 13.4. The summed E-state index contributed by atoms with van der Waals surface area (Å²) in [4.78, 5) is 11.7. The molecular weight excluding hydrogens is 308 g/mol. The van der Waals surface area contributed by atoms with Crippen molar-refractivity contribution in [1.29, 1.82) is 0 Å². The Kier molecular flexibility index (Phi) is 5.70. The van der Waals surface area contributed by atoms with Gasteiger partial charge in [0.25, 0.3) is 5.91 Å². The van der Waals surface area contributed by atoms with Crippen LogP contribution in [-0.4, -0.2) is 23.7 Å². The summed E-state index contributed by atoms with van der Waals surface area (Å²) in [6, 6.07) is 5.78. The van der Waals surface area contributed by atoms with E-state index >= 15 is 0 Å². The fourth-order valence-corrected chi connectivity index (χ4v) is 2.04. The largest absolute Gasteiger partial charge is 0.481 e. The van der Waals surface area contributed by atoms with Crippen molar-refractivity contribution in [2.24, 2.45) is 0 Å². The summed E-state index contributed by atoms with van der Waals surface area (Å²) < 4.78 is 36.2. The van der Waals surface area contributed by atoms with Gasteiger partial charge in [-0.2, -0.15) is 0 Å². The maximum Gasteiger partial charge on any atom is 0.258 e. The van der Waals surface area contributed by atoms with Gasteiger partial charge in [0.2, 0.25) is 0 Å². The molecule has 23 heavy (non-hydrogen) atoms. The van der Waals surface area contributed by atoms with Gasteiger partial charge in [0.1, 0.15) is 17.7 Å². The van der Waals surface area contributed by atoms with Crippen LogP contribution in [0.2, 0.25) is 0 Å². The highest BCUT2D eigenvalue weighted by Crippen LogP contribution is 2.19. The molecule has 124 valence electrons. The highest BCUT2D eigenvalue weighted by molar-refractivity contribution is 5.77. The molecule has 1 amide bonds. The molecule has 5 nitrogen and oxygen atoms in total. The molecule has 1 aromatic heterocycles. The third kappa shape index (κ3) is 5.07. The van der Waals surface area contributed by atoms with E-state index in [0.717, 1.165) is 12.1 Å². The predicted octanol–water partition coefficient (Wildman–Crippen LogP) is 2.57. The Morgan fingerprint density at radius 2 is 2.17 bits per heavy atom. The van der Waals surface area contributed by atoms with Crippen molar-refractivity contribution in [3.63, 3.8) is 0 Å². The van der Waals surface area contributed by atoms with Crippen LogP contribution < -0.4 is 10.1 Å². The maximum atomic E-state index is 13.4. The standard InChI is InChI=1S/C16H17F2NO4/c1-10(7-13(20)15-3-2-6-22-15)19-16(21)9-23-14-5-4-11(17)8-12(14)18/h2-6,8,10,13,20H,7,9H2,1H3,(H,19,21). The molecular formula is C16H17F2NO4. The molecule has 2 unspecified atom stereocenters. The summed E-state index contributed by atoms with van der Waals surface area (Å²) in [6.45, 7) is 1.30.